The molecule has 2 aromatic carbocycles. The highest BCUT2D eigenvalue weighted by Gasteiger charge is 2.15. The first-order chi connectivity index (χ1) is 14.7. The first kappa shape index (κ1) is 21.5. The van der Waals surface area contributed by atoms with Crippen LogP contribution in [0.15, 0.2) is 72.9 Å². The first-order valence-electron chi connectivity index (χ1n) is 9.59. The average molecular weight is 421 g/mol. The maximum absolute atomic E-state index is 12.9. The quantitative estimate of drug-likeness (QED) is 0.339. The van der Waals surface area contributed by atoms with E-state index >= 15 is 0 Å². The summed E-state index contributed by atoms with van der Waals surface area (Å²) in [6.07, 6.45) is 5.15. The van der Waals surface area contributed by atoms with E-state index in [1.165, 1.54) is 0 Å². The maximum atomic E-state index is 12.9. The summed E-state index contributed by atoms with van der Waals surface area (Å²) in [5.74, 6) is 1.25. The zero-order valence-electron chi connectivity index (χ0n) is 16.7. The van der Waals surface area contributed by atoms with E-state index in [1.54, 1.807) is 24.0 Å². The van der Waals surface area contributed by atoms with Crippen molar-refractivity contribution in [2.45, 2.75) is 12.5 Å². The van der Waals surface area contributed by atoms with Gasteiger partial charge in [0.15, 0.2) is 0 Å². The molecule has 30 heavy (non-hydrogen) atoms. The minimum absolute atomic E-state index is 0.297. The van der Waals surface area contributed by atoms with E-state index in [2.05, 4.69) is 21.2 Å². The van der Waals surface area contributed by atoms with Crippen molar-refractivity contribution in [3.8, 4) is 11.1 Å². The number of hydrogen-bond acceptors (Lipinski definition) is 6. The van der Waals surface area contributed by atoms with Crippen LogP contribution in [-0.4, -0.2) is 35.2 Å². The predicted octanol–water partition coefficient (Wildman–Crippen LogP) is 4.05. The van der Waals surface area contributed by atoms with Crippen LogP contribution in [0.4, 0.5) is 11.5 Å². The molecule has 7 heteroatoms. The van der Waals surface area contributed by atoms with Gasteiger partial charge in [0.25, 0.3) is 5.91 Å². The Morgan fingerprint density at radius 3 is 2.60 bits per heavy atom. The number of carbonyl (C=O) groups excluding carboxylic acids is 2. The molecule has 0 saturated carbocycles. The fraction of sp³-hybridized carbons (Fsp3) is 0.174. The summed E-state index contributed by atoms with van der Waals surface area (Å²) < 4.78 is 0. The van der Waals surface area contributed by atoms with Gasteiger partial charge in [-0.1, -0.05) is 36.4 Å². The number of anilines is 2. The number of benzene rings is 2. The topological polar surface area (TPSA) is 83.1 Å². The van der Waals surface area contributed by atoms with Crippen LogP contribution < -0.4 is 16.2 Å². The van der Waals surface area contributed by atoms with E-state index in [-0.39, 0.29) is 5.91 Å². The van der Waals surface area contributed by atoms with Gasteiger partial charge < -0.3 is 10.1 Å². The zero-order valence-corrected chi connectivity index (χ0v) is 17.5. The fourth-order valence-corrected chi connectivity index (χ4v) is 3.40. The molecule has 3 aromatic rings. The SMILES string of the molecule is CSCC[C@H](C=O)NNC(=O)c1ccc(Nc2ccccn2)cc1-c1ccccc1. The van der Waals surface area contributed by atoms with Crippen molar-refractivity contribution in [3.63, 3.8) is 0 Å². The summed E-state index contributed by atoms with van der Waals surface area (Å²) in [4.78, 5) is 28.4. The van der Waals surface area contributed by atoms with E-state index in [0.717, 1.165) is 34.7 Å². The second-order valence-corrected chi connectivity index (χ2v) is 7.57. The minimum Gasteiger partial charge on any atom is -0.340 e. The summed E-state index contributed by atoms with van der Waals surface area (Å²) in [5.41, 5.74) is 8.53. The number of nitrogens with one attached hydrogen (secondary N) is 3. The monoisotopic (exact) mass is 420 g/mol. The number of hydrogen-bond donors (Lipinski definition) is 3. The Kier molecular flexibility index (Phi) is 8.00. The van der Waals surface area contributed by atoms with Gasteiger partial charge in [-0.15, -0.1) is 0 Å². The third-order valence-electron chi connectivity index (χ3n) is 4.45. The van der Waals surface area contributed by atoms with Crippen molar-refractivity contribution in [2.24, 2.45) is 0 Å². The van der Waals surface area contributed by atoms with Gasteiger partial charge in [0, 0.05) is 17.4 Å². The van der Waals surface area contributed by atoms with Gasteiger partial charge in [0.05, 0.1) is 6.04 Å². The molecule has 0 aliphatic rings. The molecule has 0 unspecified atom stereocenters. The van der Waals surface area contributed by atoms with E-state index in [9.17, 15) is 9.59 Å². The Labute approximate surface area is 180 Å². The molecule has 0 aliphatic heterocycles. The second kappa shape index (κ2) is 11.1. The van der Waals surface area contributed by atoms with Crippen molar-refractivity contribution >= 4 is 35.5 Å². The number of thioether (sulfide) groups is 1. The molecule has 0 radical (unpaired) electrons. The highest BCUT2D eigenvalue weighted by molar-refractivity contribution is 7.98. The van der Waals surface area contributed by atoms with Crippen molar-refractivity contribution in [2.75, 3.05) is 17.3 Å². The smallest absolute Gasteiger partial charge is 0.266 e. The van der Waals surface area contributed by atoms with Crippen LogP contribution >= 0.6 is 11.8 Å². The van der Waals surface area contributed by atoms with Gasteiger partial charge >= 0.3 is 0 Å². The molecule has 6 nitrogen and oxygen atoms in total. The van der Waals surface area contributed by atoms with Crippen molar-refractivity contribution in [1.29, 1.82) is 0 Å². The molecule has 0 spiro atoms. The highest BCUT2D eigenvalue weighted by Crippen LogP contribution is 2.28. The zero-order chi connectivity index (χ0) is 21.2. The Bertz CT molecular complexity index is 967. The lowest BCUT2D eigenvalue weighted by atomic mass is 9.98. The summed E-state index contributed by atoms with van der Waals surface area (Å²) >= 11 is 1.65. The Balaban J connectivity index is 1.84. The number of aldehydes is 1. The first-order valence-corrected chi connectivity index (χ1v) is 11.0. The average Bonchev–Trinajstić information content (AvgIpc) is 2.80. The largest absolute Gasteiger partial charge is 0.340 e. The third kappa shape index (κ3) is 5.92. The summed E-state index contributed by atoms with van der Waals surface area (Å²) in [6.45, 7) is 0. The van der Waals surface area contributed by atoms with Crippen LogP contribution in [0.2, 0.25) is 0 Å². The number of hydrazine groups is 1. The molecule has 1 amide bonds. The molecular formula is C23H24N4O2S. The van der Waals surface area contributed by atoms with Crippen LogP contribution in [-0.2, 0) is 4.79 Å². The van der Waals surface area contributed by atoms with Gasteiger partial charge in [-0.3, -0.25) is 10.2 Å². The number of rotatable bonds is 10. The van der Waals surface area contributed by atoms with E-state index < -0.39 is 6.04 Å². The normalized spacial score (nSPS) is 11.5. The Hall–Kier alpha value is -3.16. The molecule has 3 rings (SSSR count). The van der Waals surface area contributed by atoms with Gasteiger partial charge in [-0.05, 0) is 59.9 Å². The molecule has 1 heterocycles. The molecule has 0 fully saturated rings. The Morgan fingerprint density at radius 2 is 1.90 bits per heavy atom. The third-order valence-corrected chi connectivity index (χ3v) is 5.10. The van der Waals surface area contributed by atoms with Gasteiger partial charge in [-0.25, -0.2) is 10.4 Å². The summed E-state index contributed by atoms with van der Waals surface area (Å²) in [5, 5.41) is 3.26. The van der Waals surface area contributed by atoms with Crippen molar-refractivity contribution in [3.05, 3.63) is 78.5 Å². The van der Waals surface area contributed by atoms with Crippen LogP contribution in [0.1, 0.15) is 16.8 Å². The number of amides is 1. The summed E-state index contributed by atoms with van der Waals surface area (Å²) in [7, 11) is 0. The second-order valence-electron chi connectivity index (χ2n) is 6.59. The molecule has 154 valence electrons. The van der Waals surface area contributed by atoms with Crippen LogP contribution in [0.5, 0.6) is 0 Å². The van der Waals surface area contributed by atoms with E-state index in [0.29, 0.717) is 12.0 Å². The molecular weight excluding hydrogens is 396 g/mol. The van der Waals surface area contributed by atoms with E-state index in [1.807, 2.05) is 66.9 Å². The van der Waals surface area contributed by atoms with Crippen molar-refractivity contribution < 1.29 is 9.59 Å². The van der Waals surface area contributed by atoms with Crippen LogP contribution in [0, 0.1) is 0 Å². The molecule has 0 bridgehead atoms. The van der Waals surface area contributed by atoms with Gasteiger partial charge in [0.1, 0.15) is 12.1 Å². The standard InChI is InChI=1S/C23H24N4O2S/c1-30-14-12-19(16-28)26-27-23(29)20-11-10-18(25-22-9-5-6-13-24-22)15-21(20)17-7-3-2-4-8-17/h2-11,13,15-16,19,26H,12,14H2,1H3,(H,24,25)(H,27,29)/t19-/m1/s1. The molecule has 1 aromatic heterocycles. The fourth-order valence-electron chi connectivity index (χ4n) is 2.91. The van der Waals surface area contributed by atoms with Crippen LogP contribution in [0.3, 0.4) is 0 Å². The Morgan fingerprint density at radius 1 is 1.10 bits per heavy atom. The number of carbonyl (C=O) groups is 2. The van der Waals surface area contributed by atoms with Gasteiger partial charge in [-0.2, -0.15) is 11.8 Å². The van der Waals surface area contributed by atoms with Crippen molar-refractivity contribution in [1.82, 2.24) is 15.8 Å². The van der Waals surface area contributed by atoms with Gasteiger partial charge in [0.2, 0.25) is 0 Å². The lowest BCUT2D eigenvalue weighted by Crippen LogP contribution is -2.45. The number of nitrogens with zero attached hydrogens (tertiary/aromatic N) is 1. The lowest BCUT2D eigenvalue weighted by Gasteiger charge is -2.16. The number of pyridine rings is 1. The minimum atomic E-state index is -0.424. The summed E-state index contributed by atoms with van der Waals surface area (Å²) in [6, 6.07) is 20.4. The molecule has 1 atom stereocenters. The molecule has 3 N–H and O–H groups in total. The lowest BCUT2D eigenvalue weighted by molar-refractivity contribution is -0.109. The highest BCUT2D eigenvalue weighted by atomic mass is 32.2. The molecule has 0 aliphatic carbocycles. The number of aromatic nitrogens is 1. The van der Waals surface area contributed by atoms with Crippen LogP contribution in [0.25, 0.3) is 11.1 Å². The predicted molar refractivity (Wildman–Crippen MR) is 123 cm³/mol. The van der Waals surface area contributed by atoms with E-state index in [4.69, 9.17) is 0 Å². The maximum Gasteiger partial charge on any atom is 0.266 e. The molecule has 0 saturated heterocycles.